The lowest BCUT2D eigenvalue weighted by Crippen LogP contribution is -2.06. The minimum atomic E-state index is -0.120. The predicted octanol–water partition coefficient (Wildman–Crippen LogP) is 5.15. The van der Waals surface area contributed by atoms with Crippen molar-refractivity contribution in [1.82, 2.24) is 9.55 Å². The highest BCUT2D eigenvalue weighted by Gasteiger charge is 2.15. The van der Waals surface area contributed by atoms with Crippen LogP contribution in [0.5, 0.6) is 0 Å². The molecule has 0 N–H and O–H groups in total. The summed E-state index contributed by atoms with van der Waals surface area (Å²) in [4.78, 5) is 4.65. The Bertz CT molecular complexity index is 749. The van der Waals surface area contributed by atoms with Crippen molar-refractivity contribution in [2.45, 2.75) is 18.8 Å². The second kappa shape index (κ2) is 5.58. The summed E-state index contributed by atoms with van der Waals surface area (Å²) in [6.07, 6.45) is 0. The highest BCUT2D eigenvalue weighted by Crippen LogP contribution is 2.27. The lowest BCUT2D eigenvalue weighted by atomic mass is 10.2. The number of nitrogens with zero attached hydrogens (tertiary/aromatic N) is 2. The van der Waals surface area contributed by atoms with E-state index in [2.05, 4.69) is 43.7 Å². The normalized spacial score (nSPS) is 12.8. The van der Waals surface area contributed by atoms with Crippen LogP contribution in [0.4, 0.5) is 0 Å². The van der Waals surface area contributed by atoms with E-state index in [0.717, 1.165) is 27.9 Å². The van der Waals surface area contributed by atoms with E-state index in [4.69, 9.17) is 11.6 Å². The van der Waals surface area contributed by atoms with Crippen molar-refractivity contribution >= 4 is 38.6 Å². The molecule has 3 aromatic rings. The maximum absolute atomic E-state index is 6.29. The lowest BCUT2D eigenvalue weighted by molar-refractivity contribution is 0.740. The highest BCUT2D eigenvalue weighted by molar-refractivity contribution is 9.10. The van der Waals surface area contributed by atoms with E-state index in [9.17, 15) is 0 Å². The second-order valence-corrected chi connectivity index (χ2v) is 6.26. The molecule has 0 aliphatic carbocycles. The molecule has 0 radical (unpaired) electrons. The van der Waals surface area contributed by atoms with Gasteiger partial charge in [-0.15, -0.1) is 11.6 Å². The SMILES string of the molecule is CC(Cl)c1nc2ccccc2n1Cc1ccccc1Br. The smallest absolute Gasteiger partial charge is 0.128 e. The van der Waals surface area contributed by atoms with Crippen molar-refractivity contribution in [1.29, 1.82) is 0 Å². The van der Waals surface area contributed by atoms with Gasteiger partial charge in [0.15, 0.2) is 0 Å². The number of benzene rings is 2. The zero-order valence-corrected chi connectivity index (χ0v) is 13.4. The fourth-order valence-electron chi connectivity index (χ4n) is 2.36. The summed E-state index contributed by atoms with van der Waals surface area (Å²) in [6, 6.07) is 16.4. The van der Waals surface area contributed by atoms with Crippen LogP contribution in [-0.4, -0.2) is 9.55 Å². The molecule has 20 heavy (non-hydrogen) atoms. The first-order valence-electron chi connectivity index (χ1n) is 6.49. The molecule has 1 aromatic heterocycles. The van der Waals surface area contributed by atoms with Gasteiger partial charge in [0.25, 0.3) is 0 Å². The lowest BCUT2D eigenvalue weighted by Gasteiger charge is -2.11. The topological polar surface area (TPSA) is 17.8 Å². The summed E-state index contributed by atoms with van der Waals surface area (Å²) < 4.78 is 3.29. The minimum Gasteiger partial charge on any atom is -0.322 e. The van der Waals surface area contributed by atoms with Crippen LogP contribution >= 0.6 is 27.5 Å². The van der Waals surface area contributed by atoms with E-state index < -0.39 is 0 Å². The molecule has 2 nitrogen and oxygen atoms in total. The van der Waals surface area contributed by atoms with Gasteiger partial charge in [0, 0.05) is 4.47 Å². The van der Waals surface area contributed by atoms with Gasteiger partial charge < -0.3 is 4.57 Å². The third-order valence-corrected chi connectivity index (χ3v) is 4.29. The molecule has 4 heteroatoms. The van der Waals surface area contributed by atoms with Gasteiger partial charge in [-0.05, 0) is 30.7 Å². The Morgan fingerprint density at radius 3 is 2.60 bits per heavy atom. The van der Waals surface area contributed by atoms with Crippen LogP contribution in [0, 0.1) is 0 Å². The Morgan fingerprint density at radius 2 is 1.85 bits per heavy atom. The Hall–Kier alpha value is -1.32. The average molecular weight is 350 g/mol. The first-order valence-corrected chi connectivity index (χ1v) is 7.72. The first-order chi connectivity index (χ1) is 9.66. The maximum atomic E-state index is 6.29. The van der Waals surface area contributed by atoms with Crippen molar-refractivity contribution < 1.29 is 0 Å². The molecular formula is C16H14BrClN2. The molecule has 1 atom stereocenters. The fraction of sp³-hybridized carbons (Fsp3) is 0.188. The number of hydrogen-bond acceptors (Lipinski definition) is 1. The maximum Gasteiger partial charge on any atom is 0.128 e. The van der Waals surface area contributed by atoms with Crippen LogP contribution in [0.2, 0.25) is 0 Å². The van der Waals surface area contributed by atoms with Gasteiger partial charge in [0.1, 0.15) is 5.82 Å². The van der Waals surface area contributed by atoms with Crippen LogP contribution < -0.4 is 0 Å². The van der Waals surface area contributed by atoms with E-state index in [1.807, 2.05) is 37.3 Å². The standard InChI is InChI=1S/C16H14BrClN2/c1-11(18)16-19-14-8-4-5-9-15(14)20(16)10-12-6-2-3-7-13(12)17/h2-9,11H,10H2,1H3. The van der Waals surface area contributed by atoms with E-state index in [-0.39, 0.29) is 5.38 Å². The molecule has 0 aliphatic rings. The highest BCUT2D eigenvalue weighted by atomic mass is 79.9. The molecule has 0 saturated carbocycles. The quantitative estimate of drug-likeness (QED) is 0.598. The van der Waals surface area contributed by atoms with Crippen molar-refractivity contribution in [2.24, 2.45) is 0 Å². The molecule has 2 aromatic carbocycles. The Morgan fingerprint density at radius 1 is 1.15 bits per heavy atom. The van der Waals surface area contributed by atoms with Crippen LogP contribution in [0.15, 0.2) is 53.0 Å². The van der Waals surface area contributed by atoms with Crippen LogP contribution in [0.25, 0.3) is 11.0 Å². The number of alkyl halides is 1. The zero-order valence-electron chi connectivity index (χ0n) is 11.1. The number of hydrogen-bond donors (Lipinski definition) is 0. The van der Waals surface area contributed by atoms with E-state index in [0.29, 0.717) is 0 Å². The minimum absolute atomic E-state index is 0.120. The number of para-hydroxylation sites is 2. The average Bonchev–Trinajstić information content (AvgIpc) is 2.81. The predicted molar refractivity (Wildman–Crippen MR) is 87.2 cm³/mol. The van der Waals surface area contributed by atoms with Crippen LogP contribution in [0.3, 0.4) is 0 Å². The summed E-state index contributed by atoms with van der Waals surface area (Å²) in [5.74, 6) is 0.906. The Labute approximate surface area is 131 Å². The largest absolute Gasteiger partial charge is 0.322 e. The molecule has 3 rings (SSSR count). The Kier molecular flexibility index (Phi) is 3.81. The van der Waals surface area contributed by atoms with E-state index in [1.54, 1.807) is 0 Å². The Balaban J connectivity index is 2.14. The van der Waals surface area contributed by atoms with Gasteiger partial charge in [-0.3, -0.25) is 0 Å². The monoisotopic (exact) mass is 348 g/mol. The van der Waals surface area contributed by atoms with Gasteiger partial charge in [-0.1, -0.05) is 46.3 Å². The van der Waals surface area contributed by atoms with Crippen molar-refractivity contribution in [3.8, 4) is 0 Å². The van der Waals surface area contributed by atoms with Crippen molar-refractivity contribution in [3.63, 3.8) is 0 Å². The molecule has 0 saturated heterocycles. The van der Waals surface area contributed by atoms with Crippen LogP contribution in [-0.2, 0) is 6.54 Å². The molecular weight excluding hydrogens is 336 g/mol. The summed E-state index contributed by atoms with van der Waals surface area (Å²) in [7, 11) is 0. The van der Waals surface area contributed by atoms with Gasteiger partial charge in [0.05, 0.1) is 23.0 Å². The van der Waals surface area contributed by atoms with Gasteiger partial charge in [-0.2, -0.15) is 0 Å². The number of halogens is 2. The molecule has 0 amide bonds. The number of rotatable bonds is 3. The van der Waals surface area contributed by atoms with Crippen LogP contribution in [0.1, 0.15) is 23.7 Å². The number of fused-ring (bicyclic) bond motifs is 1. The molecule has 0 bridgehead atoms. The van der Waals surface area contributed by atoms with E-state index in [1.165, 1.54) is 5.56 Å². The fourth-order valence-corrected chi connectivity index (χ4v) is 2.94. The molecule has 102 valence electrons. The first kappa shape index (κ1) is 13.7. The third kappa shape index (κ3) is 2.48. The molecule has 0 aliphatic heterocycles. The molecule has 1 heterocycles. The second-order valence-electron chi connectivity index (χ2n) is 4.75. The van der Waals surface area contributed by atoms with Crippen molar-refractivity contribution in [2.75, 3.05) is 0 Å². The molecule has 0 fully saturated rings. The summed E-state index contributed by atoms with van der Waals surface area (Å²) in [5, 5.41) is -0.120. The molecule has 1 unspecified atom stereocenters. The summed E-state index contributed by atoms with van der Waals surface area (Å²) >= 11 is 9.89. The summed E-state index contributed by atoms with van der Waals surface area (Å²) in [6.45, 7) is 2.72. The zero-order chi connectivity index (χ0) is 14.1. The number of imidazole rings is 1. The third-order valence-electron chi connectivity index (χ3n) is 3.33. The van der Waals surface area contributed by atoms with Gasteiger partial charge in [-0.25, -0.2) is 4.98 Å². The number of aromatic nitrogens is 2. The van der Waals surface area contributed by atoms with Gasteiger partial charge >= 0.3 is 0 Å². The van der Waals surface area contributed by atoms with Gasteiger partial charge in [0.2, 0.25) is 0 Å². The van der Waals surface area contributed by atoms with Crippen molar-refractivity contribution in [3.05, 3.63) is 64.4 Å². The van der Waals surface area contributed by atoms with E-state index >= 15 is 0 Å². The summed E-state index contributed by atoms with van der Waals surface area (Å²) in [5.41, 5.74) is 3.32. The molecule has 0 spiro atoms.